The normalized spacial score (nSPS) is 8.67. The number of amides is 1. The molecule has 0 unspecified atom stereocenters. The van der Waals surface area contributed by atoms with Crippen LogP contribution in [-0.2, 0) is 4.79 Å². The molecule has 0 saturated carbocycles. The van der Waals surface area contributed by atoms with E-state index in [4.69, 9.17) is 0 Å². The third kappa shape index (κ3) is 3.30. The first kappa shape index (κ1) is 8.69. The first-order valence-corrected chi connectivity index (χ1v) is 3.53. The van der Waals surface area contributed by atoms with Crippen molar-refractivity contribution in [2.75, 3.05) is 6.54 Å². The number of halogens is 1. The predicted octanol–water partition coefficient (Wildman–Crippen LogP) is 1.72. The maximum absolute atomic E-state index is 10.7. The van der Waals surface area contributed by atoms with Gasteiger partial charge >= 0.3 is 0 Å². The summed E-state index contributed by atoms with van der Waals surface area (Å²) in [7, 11) is 0. The molecule has 0 aromatic rings. The monoisotopic (exact) mass is 191 g/mol. The van der Waals surface area contributed by atoms with Crippen LogP contribution < -0.4 is 0 Å². The molecule has 0 aliphatic heterocycles. The van der Waals surface area contributed by atoms with Gasteiger partial charge in [-0.15, -0.1) is 0 Å². The Balaban J connectivity index is 3.58. The number of hydrogen-bond acceptors (Lipinski definition) is 1. The van der Waals surface area contributed by atoms with Gasteiger partial charge in [0, 0.05) is 6.54 Å². The van der Waals surface area contributed by atoms with Crippen molar-refractivity contribution in [3.05, 3.63) is 12.7 Å². The van der Waals surface area contributed by atoms with Crippen LogP contribution in [0.4, 0.5) is 0 Å². The minimum atomic E-state index is -0.0862. The van der Waals surface area contributed by atoms with Gasteiger partial charge in [0.25, 0.3) is 5.91 Å². The van der Waals surface area contributed by atoms with Crippen molar-refractivity contribution in [2.24, 2.45) is 0 Å². The quantitative estimate of drug-likeness (QED) is 0.492. The van der Waals surface area contributed by atoms with Gasteiger partial charge in [0.2, 0.25) is 0 Å². The molecule has 3 heteroatoms. The third-order valence-electron chi connectivity index (χ3n) is 0.834. The highest BCUT2D eigenvalue weighted by Gasteiger charge is 2.01. The topological polar surface area (TPSA) is 20.3 Å². The summed E-state index contributed by atoms with van der Waals surface area (Å²) < 4.78 is 1.46. The summed E-state index contributed by atoms with van der Waals surface area (Å²) in [5.41, 5.74) is 0. The fourth-order valence-corrected chi connectivity index (χ4v) is 0.905. The van der Waals surface area contributed by atoms with Crippen molar-refractivity contribution in [3.63, 3.8) is 0 Å². The van der Waals surface area contributed by atoms with E-state index in [9.17, 15) is 4.79 Å². The molecule has 0 saturated heterocycles. The molecule has 0 aromatic heterocycles. The van der Waals surface area contributed by atoms with Gasteiger partial charge in [-0.05, 0) is 12.5 Å². The summed E-state index contributed by atoms with van der Waals surface area (Å²) in [5, 5.41) is 0. The zero-order valence-corrected chi connectivity index (χ0v) is 7.02. The molecule has 0 bridgehead atoms. The molecule has 0 aliphatic rings. The average Bonchev–Trinajstić information content (AvgIpc) is 1.87. The van der Waals surface area contributed by atoms with Gasteiger partial charge < -0.3 is 0 Å². The summed E-state index contributed by atoms with van der Waals surface area (Å²) in [6.45, 7) is 6.07. The van der Waals surface area contributed by atoms with Crippen LogP contribution in [0, 0.1) is 0 Å². The van der Waals surface area contributed by atoms with Crippen LogP contribution in [0.3, 0.4) is 0 Å². The highest BCUT2D eigenvalue weighted by Crippen LogP contribution is 1.99. The van der Waals surface area contributed by atoms with E-state index in [2.05, 4.69) is 22.7 Å². The second-order valence-corrected chi connectivity index (χ2v) is 2.48. The lowest BCUT2D eigenvalue weighted by Crippen LogP contribution is -2.18. The predicted molar refractivity (Wildman–Crippen MR) is 41.1 cm³/mol. The van der Waals surface area contributed by atoms with E-state index in [0.717, 1.165) is 13.0 Å². The molecule has 0 heterocycles. The Hall–Kier alpha value is -0.310. The molecule has 0 fully saturated rings. The second-order valence-electron chi connectivity index (χ2n) is 1.63. The lowest BCUT2D eigenvalue weighted by molar-refractivity contribution is -0.120. The highest BCUT2D eigenvalue weighted by molar-refractivity contribution is 9.07. The van der Waals surface area contributed by atoms with E-state index in [1.165, 1.54) is 10.0 Å². The fraction of sp³-hybridized carbons (Fsp3) is 0.500. The maximum atomic E-state index is 10.7. The van der Waals surface area contributed by atoms with E-state index in [1.807, 2.05) is 6.92 Å². The van der Waals surface area contributed by atoms with E-state index in [-0.39, 0.29) is 5.91 Å². The van der Waals surface area contributed by atoms with E-state index >= 15 is 0 Å². The molecule has 0 spiro atoms. The van der Waals surface area contributed by atoms with Crippen LogP contribution in [0.25, 0.3) is 0 Å². The molecule has 2 nitrogen and oxygen atoms in total. The summed E-state index contributed by atoms with van der Waals surface area (Å²) in [6, 6.07) is 0. The summed E-state index contributed by atoms with van der Waals surface area (Å²) in [6.07, 6.45) is 2.23. The average molecular weight is 192 g/mol. The Kier molecular flexibility index (Phi) is 4.40. The van der Waals surface area contributed by atoms with Gasteiger partial charge in [0.1, 0.15) is 0 Å². The van der Waals surface area contributed by atoms with E-state index in [1.54, 1.807) is 0 Å². The minimum absolute atomic E-state index is 0.0862. The van der Waals surface area contributed by atoms with Crippen LogP contribution >= 0.6 is 16.1 Å². The van der Waals surface area contributed by atoms with Crippen LogP contribution in [0.15, 0.2) is 12.7 Å². The molecule has 0 radical (unpaired) electrons. The molecule has 0 N–H and O–H groups in total. The summed E-state index contributed by atoms with van der Waals surface area (Å²) in [4.78, 5) is 10.7. The second kappa shape index (κ2) is 4.56. The van der Waals surface area contributed by atoms with Crippen LogP contribution in [0.2, 0.25) is 0 Å². The van der Waals surface area contributed by atoms with Gasteiger partial charge in [-0.2, -0.15) is 0 Å². The Morgan fingerprint density at radius 1 is 1.89 bits per heavy atom. The van der Waals surface area contributed by atoms with Crippen LogP contribution in [0.5, 0.6) is 0 Å². The SMILES string of the molecule is C=CC(=O)N(Br)CCC. The van der Waals surface area contributed by atoms with Gasteiger partial charge in [-0.25, -0.2) is 0 Å². The van der Waals surface area contributed by atoms with Crippen LogP contribution in [0.1, 0.15) is 13.3 Å². The van der Waals surface area contributed by atoms with Crippen molar-refractivity contribution in [1.29, 1.82) is 0 Å². The number of hydrogen-bond donors (Lipinski definition) is 0. The maximum Gasteiger partial charge on any atom is 0.255 e. The third-order valence-corrected chi connectivity index (χ3v) is 1.54. The zero-order valence-electron chi connectivity index (χ0n) is 5.43. The molecule has 0 rings (SSSR count). The minimum Gasteiger partial charge on any atom is -0.275 e. The van der Waals surface area contributed by atoms with Crippen molar-refractivity contribution >= 4 is 22.1 Å². The molecule has 0 aromatic carbocycles. The summed E-state index contributed by atoms with van der Waals surface area (Å²) in [5.74, 6) is -0.0862. The smallest absolute Gasteiger partial charge is 0.255 e. The van der Waals surface area contributed by atoms with Crippen molar-refractivity contribution < 1.29 is 4.79 Å². The highest BCUT2D eigenvalue weighted by atomic mass is 79.9. The number of carbonyl (C=O) groups is 1. The largest absolute Gasteiger partial charge is 0.275 e. The van der Waals surface area contributed by atoms with Gasteiger partial charge in [-0.3, -0.25) is 8.72 Å². The van der Waals surface area contributed by atoms with E-state index in [0.29, 0.717) is 0 Å². The van der Waals surface area contributed by atoms with Crippen molar-refractivity contribution in [3.8, 4) is 0 Å². The number of rotatable bonds is 3. The summed E-state index contributed by atoms with van der Waals surface area (Å²) >= 11 is 3.08. The lowest BCUT2D eigenvalue weighted by atomic mass is 10.4. The molecule has 52 valence electrons. The molecule has 1 amide bonds. The Bertz CT molecular complexity index is 114. The number of carbonyl (C=O) groups excluding carboxylic acids is 1. The zero-order chi connectivity index (χ0) is 7.28. The van der Waals surface area contributed by atoms with Crippen molar-refractivity contribution in [2.45, 2.75) is 13.3 Å². The standard InChI is InChI=1S/C6H10BrNO/c1-3-5-8(7)6(9)4-2/h4H,2-3,5H2,1H3. The van der Waals surface area contributed by atoms with Gasteiger partial charge in [0.15, 0.2) is 0 Å². The van der Waals surface area contributed by atoms with Gasteiger partial charge in [-0.1, -0.05) is 13.5 Å². The van der Waals surface area contributed by atoms with Crippen LogP contribution in [-0.4, -0.2) is 16.4 Å². The molecular weight excluding hydrogens is 182 g/mol. The Labute approximate surface area is 63.9 Å². The van der Waals surface area contributed by atoms with E-state index < -0.39 is 0 Å². The fourth-order valence-electron chi connectivity index (χ4n) is 0.406. The number of nitrogens with zero attached hydrogens (tertiary/aromatic N) is 1. The van der Waals surface area contributed by atoms with Crippen molar-refractivity contribution in [1.82, 2.24) is 3.93 Å². The Morgan fingerprint density at radius 2 is 2.44 bits per heavy atom. The first-order chi connectivity index (χ1) is 4.22. The lowest BCUT2D eigenvalue weighted by Gasteiger charge is -2.08. The molecule has 0 atom stereocenters. The molecule has 9 heavy (non-hydrogen) atoms. The molecule has 0 aliphatic carbocycles. The first-order valence-electron chi connectivity index (χ1n) is 2.82. The van der Waals surface area contributed by atoms with Gasteiger partial charge in [0.05, 0.1) is 16.1 Å². The molecular formula is C6H10BrNO. The Morgan fingerprint density at radius 3 is 2.78 bits per heavy atom.